The van der Waals surface area contributed by atoms with Crippen molar-refractivity contribution < 1.29 is 0 Å². The quantitative estimate of drug-likeness (QED) is 0.931. The van der Waals surface area contributed by atoms with Crippen molar-refractivity contribution in [3.8, 4) is 0 Å². The fraction of sp³-hybridized carbons (Fsp3) is 0.500. The highest BCUT2D eigenvalue weighted by molar-refractivity contribution is 5.82. The van der Waals surface area contributed by atoms with Crippen LogP contribution in [0, 0.1) is 5.92 Å². The van der Waals surface area contributed by atoms with Crippen molar-refractivity contribution in [2.45, 2.75) is 32.7 Å². The summed E-state index contributed by atoms with van der Waals surface area (Å²) in [4.78, 5) is 6.91. The normalized spacial score (nSPS) is 22.7. The Morgan fingerprint density at radius 3 is 3.05 bits per heavy atom. The number of pyridine rings is 1. The largest absolute Gasteiger partial charge is 0.371 e. The third-order valence-electron chi connectivity index (χ3n) is 4.51. The van der Waals surface area contributed by atoms with E-state index in [2.05, 4.69) is 53.3 Å². The number of fused-ring (bicyclic) bond motifs is 1. The highest BCUT2D eigenvalue weighted by Gasteiger charge is 2.25. The van der Waals surface area contributed by atoms with Gasteiger partial charge in [-0.2, -0.15) is 0 Å². The third kappa shape index (κ3) is 3.18. The molecule has 1 aliphatic heterocycles. The lowest BCUT2D eigenvalue weighted by atomic mass is 9.93. The van der Waals surface area contributed by atoms with E-state index in [-0.39, 0.29) is 0 Å². The molecule has 2 atom stereocenters. The van der Waals surface area contributed by atoms with E-state index < -0.39 is 0 Å². The van der Waals surface area contributed by atoms with Crippen LogP contribution >= 0.6 is 0 Å². The molecule has 2 unspecified atom stereocenters. The Morgan fingerprint density at radius 2 is 2.24 bits per heavy atom. The number of anilines is 1. The average Bonchev–Trinajstić information content (AvgIpc) is 2.53. The van der Waals surface area contributed by atoms with Gasteiger partial charge in [0.2, 0.25) is 0 Å². The molecule has 0 spiro atoms. The molecular formula is C18H25N3. The van der Waals surface area contributed by atoms with E-state index >= 15 is 0 Å². The van der Waals surface area contributed by atoms with Crippen LogP contribution in [0.15, 0.2) is 36.5 Å². The SMILES string of the molecule is CCCNC1CCN(c2ccc3ncccc3c2)CC1C. The number of hydrogen-bond donors (Lipinski definition) is 1. The van der Waals surface area contributed by atoms with Crippen LogP contribution in [0.2, 0.25) is 0 Å². The van der Waals surface area contributed by atoms with Gasteiger partial charge in [-0.15, -0.1) is 0 Å². The molecule has 3 heteroatoms. The van der Waals surface area contributed by atoms with Crippen molar-refractivity contribution >= 4 is 16.6 Å². The minimum absolute atomic E-state index is 0.670. The molecule has 0 radical (unpaired) electrons. The summed E-state index contributed by atoms with van der Waals surface area (Å²) in [6, 6.07) is 11.4. The Bertz CT molecular complexity index is 596. The number of aromatic nitrogens is 1. The van der Waals surface area contributed by atoms with Crippen LogP contribution in [0.4, 0.5) is 5.69 Å². The Balaban J connectivity index is 1.72. The first-order chi connectivity index (χ1) is 10.3. The van der Waals surface area contributed by atoms with Gasteiger partial charge in [-0.1, -0.05) is 19.9 Å². The number of nitrogens with zero attached hydrogens (tertiary/aromatic N) is 2. The van der Waals surface area contributed by atoms with Crippen molar-refractivity contribution in [1.82, 2.24) is 10.3 Å². The molecule has 0 saturated carbocycles. The smallest absolute Gasteiger partial charge is 0.0703 e. The number of hydrogen-bond acceptors (Lipinski definition) is 3. The zero-order valence-electron chi connectivity index (χ0n) is 13.0. The van der Waals surface area contributed by atoms with Crippen molar-refractivity contribution in [3.63, 3.8) is 0 Å². The summed E-state index contributed by atoms with van der Waals surface area (Å²) in [5.74, 6) is 0.690. The molecule has 1 aromatic heterocycles. The van der Waals surface area contributed by atoms with E-state index in [4.69, 9.17) is 0 Å². The van der Waals surface area contributed by atoms with Gasteiger partial charge in [0.15, 0.2) is 0 Å². The van der Waals surface area contributed by atoms with Gasteiger partial charge in [0.1, 0.15) is 0 Å². The summed E-state index contributed by atoms with van der Waals surface area (Å²) in [5, 5.41) is 4.92. The molecule has 0 bridgehead atoms. The van der Waals surface area contributed by atoms with E-state index in [0.29, 0.717) is 12.0 Å². The topological polar surface area (TPSA) is 28.2 Å². The molecular weight excluding hydrogens is 258 g/mol. The van der Waals surface area contributed by atoms with Crippen molar-refractivity contribution in [1.29, 1.82) is 0 Å². The highest BCUT2D eigenvalue weighted by atomic mass is 15.2. The summed E-state index contributed by atoms with van der Waals surface area (Å²) in [7, 11) is 0. The summed E-state index contributed by atoms with van der Waals surface area (Å²) in [6.07, 6.45) is 4.30. The van der Waals surface area contributed by atoms with Gasteiger partial charge in [0.25, 0.3) is 0 Å². The molecule has 2 heterocycles. The van der Waals surface area contributed by atoms with Gasteiger partial charge < -0.3 is 10.2 Å². The van der Waals surface area contributed by atoms with E-state index in [1.807, 2.05) is 12.3 Å². The number of rotatable bonds is 4. The third-order valence-corrected chi connectivity index (χ3v) is 4.51. The molecule has 3 nitrogen and oxygen atoms in total. The van der Waals surface area contributed by atoms with Gasteiger partial charge >= 0.3 is 0 Å². The highest BCUT2D eigenvalue weighted by Crippen LogP contribution is 2.26. The minimum atomic E-state index is 0.670. The van der Waals surface area contributed by atoms with Gasteiger partial charge in [-0.05, 0) is 49.6 Å². The monoisotopic (exact) mass is 283 g/mol. The first kappa shape index (κ1) is 14.3. The van der Waals surface area contributed by atoms with Crippen molar-refractivity contribution in [2.24, 2.45) is 5.92 Å². The maximum atomic E-state index is 4.40. The van der Waals surface area contributed by atoms with Gasteiger partial charge in [-0.25, -0.2) is 0 Å². The molecule has 1 aliphatic rings. The zero-order valence-corrected chi connectivity index (χ0v) is 13.0. The predicted octanol–water partition coefficient (Wildman–Crippen LogP) is 3.45. The molecule has 1 saturated heterocycles. The lowest BCUT2D eigenvalue weighted by molar-refractivity contribution is 0.322. The second kappa shape index (κ2) is 6.44. The fourth-order valence-electron chi connectivity index (χ4n) is 3.27. The molecule has 1 N–H and O–H groups in total. The fourth-order valence-corrected chi connectivity index (χ4v) is 3.27. The first-order valence-corrected chi connectivity index (χ1v) is 8.11. The summed E-state index contributed by atoms with van der Waals surface area (Å²) < 4.78 is 0. The standard InChI is InChI=1S/C18H25N3/c1-3-9-19-17-8-11-21(13-14(17)2)16-6-7-18-15(12-16)5-4-10-20-18/h4-7,10,12,14,17,19H,3,8-9,11,13H2,1-2H3. The molecule has 3 rings (SSSR count). The summed E-state index contributed by atoms with van der Waals surface area (Å²) in [6.45, 7) is 8.00. The van der Waals surface area contributed by atoms with Crippen LogP contribution in [0.5, 0.6) is 0 Å². The molecule has 21 heavy (non-hydrogen) atoms. The van der Waals surface area contributed by atoms with E-state index in [0.717, 1.165) is 25.2 Å². The summed E-state index contributed by atoms with van der Waals surface area (Å²) >= 11 is 0. The Hall–Kier alpha value is -1.61. The Labute approximate surface area is 127 Å². The molecule has 1 fully saturated rings. The lowest BCUT2D eigenvalue weighted by Gasteiger charge is -2.38. The van der Waals surface area contributed by atoms with Crippen LogP contribution in [0.3, 0.4) is 0 Å². The Kier molecular flexibility index (Phi) is 4.39. The second-order valence-electron chi connectivity index (χ2n) is 6.15. The van der Waals surface area contributed by atoms with Gasteiger partial charge in [0, 0.05) is 36.4 Å². The number of nitrogens with one attached hydrogen (secondary N) is 1. The van der Waals surface area contributed by atoms with Gasteiger partial charge in [-0.3, -0.25) is 4.98 Å². The number of piperidine rings is 1. The predicted molar refractivity (Wildman–Crippen MR) is 89.8 cm³/mol. The maximum Gasteiger partial charge on any atom is 0.0703 e. The molecule has 0 amide bonds. The van der Waals surface area contributed by atoms with E-state index in [1.165, 1.54) is 23.9 Å². The van der Waals surface area contributed by atoms with Crippen LogP contribution < -0.4 is 10.2 Å². The van der Waals surface area contributed by atoms with Crippen molar-refractivity contribution in [3.05, 3.63) is 36.5 Å². The maximum absolute atomic E-state index is 4.40. The molecule has 1 aromatic carbocycles. The average molecular weight is 283 g/mol. The Morgan fingerprint density at radius 1 is 1.33 bits per heavy atom. The zero-order chi connectivity index (χ0) is 14.7. The molecule has 112 valence electrons. The summed E-state index contributed by atoms with van der Waals surface area (Å²) in [5.41, 5.74) is 2.41. The minimum Gasteiger partial charge on any atom is -0.371 e. The van der Waals surface area contributed by atoms with Crippen LogP contribution in [-0.2, 0) is 0 Å². The van der Waals surface area contributed by atoms with Crippen LogP contribution in [0.25, 0.3) is 10.9 Å². The molecule has 2 aromatic rings. The van der Waals surface area contributed by atoms with Crippen LogP contribution in [0.1, 0.15) is 26.7 Å². The molecule has 0 aliphatic carbocycles. The van der Waals surface area contributed by atoms with E-state index in [1.54, 1.807) is 0 Å². The first-order valence-electron chi connectivity index (χ1n) is 8.11. The number of benzene rings is 1. The lowest BCUT2D eigenvalue weighted by Crippen LogP contribution is -2.48. The van der Waals surface area contributed by atoms with E-state index in [9.17, 15) is 0 Å². The van der Waals surface area contributed by atoms with Gasteiger partial charge in [0.05, 0.1) is 5.52 Å². The van der Waals surface area contributed by atoms with Crippen LogP contribution in [-0.4, -0.2) is 30.7 Å². The second-order valence-corrected chi connectivity index (χ2v) is 6.15. The van der Waals surface area contributed by atoms with Crippen molar-refractivity contribution in [2.75, 3.05) is 24.5 Å².